The Morgan fingerprint density at radius 3 is 2.64 bits per heavy atom. The van der Waals surface area contributed by atoms with Gasteiger partial charge in [-0.25, -0.2) is 0 Å². The lowest BCUT2D eigenvalue weighted by atomic mass is 9.99. The van der Waals surface area contributed by atoms with Crippen molar-refractivity contribution in [2.45, 2.75) is 19.3 Å². The van der Waals surface area contributed by atoms with E-state index in [4.69, 9.17) is 5.41 Å². The minimum absolute atomic E-state index is 0.262. The molecule has 0 radical (unpaired) electrons. The third-order valence-electron chi connectivity index (χ3n) is 1.78. The van der Waals surface area contributed by atoms with Crippen LogP contribution in [-0.4, -0.2) is 11.2 Å². The highest BCUT2D eigenvalue weighted by Gasteiger charge is 2.03. The molecule has 0 saturated carbocycles. The van der Waals surface area contributed by atoms with Crippen molar-refractivity contribution in [1.29, 1.82) is 5.41 Å². The fourth-order valence-corrected chi connectivity index (χ4v) is 1.06. The van der Waals surface area contributed by atoms with E-state index in [2.05, 4.69) is 11.9 Å². The van der Waals surface area contributed by atoms with Gasteiger partial charge in [0.05, 0.1) is 0 Å². The molecule has 1 N–H and O–H groups in total. The Kier molecular flexibility index (Phi) is 2.78. The van der Waals surface area contributed by atoms with E-state index in [-0.39, 0.29) is 5.92 Å². The number of rotatable bonds is 3. The summed E-state index contributed by atoms with van der Waals surface area (Å²) in [5.41, 5.74) is 1.18. The zero-order chi connectivity index (χ0) is 8.10. The van der Waals surface area contributed by atoms with E-state index >= 15 is 0 Å². The molecule has 0 saturated heterocycles. The quantitative estimate of drug-likeness (QED) is 0.655. The first kappa shape index (κ1) is 7.92. The maximum atomic E-state index is 7.15. The highest BCUT2D eigenvalue weighted by molar-refractivity contribution is 5.64. The molecule has 58 valence electrons. The van der Waals surface area contributed by atoms with Gasteiger partial charge in [-0.1, -0.05) is 6.92 Å². The summed E-state index contributed by atoms with van der Waals surface area (Å²) in [7, 11) is 0. The predicted octanol–water partition coefficient (Wildman–Crippen LogP) is 2.22. The minimum Gasteiger partial charge on any atom is -0.312 e. The van der Waals surface area contributed by atoms with Crippen molar-refractivity contribution in [2.24, 2.45) is 0 Å². The van der Waals surface area contributed by atoms with Gasteiger partial charge in [0, 0.05) is 24.5 Å². The van der Waals surface area contributed by atoms with Gasteiger partial charge >= 0.3 is 0 Å². The second kappa shape index (κ2) is 3.86. The van der Waals surface area contributed by atoms with Gasteiger partial charge in [0.1, 0.15) is 0 Å². The first-order chi connectivity index (χ1) is 5.38. The molecule has 1 unspecified atom stereocenters. The summed E-state index contributed by atoms with van der Waals surface area (Å²) in [5, 5.41) is 7.15. The molecule has 1 aromatic heterocycles. The number of aromatic nitrogens is 1. The van der Waals surface area contributed by atoms with Crippen molar-refractivity contribution in [2.75, 3.05) is 0 Å². The summed E-state index contributed by atoms with van der Waals surface area (Å²) in [6.45, 7) is 2.08. The maximum Gasteiger partial charge on any atom is 0.0270 e. The molecule has 0 amide bonds. The Morgan fingerprint density at radius 2 is 2.18 bits per heavy atom. The lowest BCUT2D eigenvalue weighted by Gasteiger charge is -2.06. The van der Waals surface area contributed by atoms with Crippen molar-refractivity contribution in [1.82, 2.24) is 4.98 Å². The minimum atomic E-state index is 0.262. The molecule has 0 bridgehead atoms. The number of pyridine rings is 1. The van der Waals surface area contributed by atoms with Gasteiger partial charge in [-0.2, -0.15) is 0 Å². The van der Waals surface area contributed by atoms with Crippen molar-refractivity contribution in [3.63, 3.8) is 0 Å². The molecule has 1 aromatic rings. The zero-order valence-corrected chi connectivity index (χ0v) is 6.62. The van der Waals surface area contributed by atoms with Crippen LogP contribution < -0.4 is 0 Å². The van der Waals surface area contributed by atoms with E-state index in [1.54, 1.807) is 12.4 Å². The summed E-state index contributed by atoms with van der Waals surface area (Å²) in [6, 6.07) is 3.92. The maximum absolute atomic E-state index is 7.15. The number of hydrogen-bond acceptors (Lipinski definition) is 2. The Balaban J connectivity index is 2.82. The molecule has 2 heteroatoms. The number of hydrogen-bond donors (Lipinski definition) is 1. The Bertz CT molecular complexity index is 218. The van der Waals surface area contributed by atoms with E-state index in [9.17, 15) is 0 Å². The highest BCUT2D eigenvalue weighted by Crippen LogP contribution is 2.14. The fraction of sp³-hybridized carbons (Fsp3) is 0.333. The first-order valence-electron chi connectivity index (χ1n) is 3.79. The Hall–Kier alpha value is -1.18. The van der Waals surface area contributed by atoms with Gasteiger partial charge < -0.3 is 5.41 Å². The van der Waals surface area contributed by atoms with Crippen LogP contribution in [0.1, 0.15) is 24.8 Å². The van der Waals surface area contributed by atoms with Gasteiger partial charge in [0.25, 0.3) is 0 Å². The highest BCUT2D eigenvalue weighted by atomic mass is 14.6. The van der Waals surface area contributed by atoms with Crippen LogP contribution in [0.5, 0.6) is 0 Å². The van der Waals surface area contributed by atoms with Crippen LogP contribution in [0.3, 0.4) is 0 Å². The zero-order valence-electron chi connectivity index (χ0n) is 6.62. The number of nitrogens with zero attached hydrogens (tertiary/aromatic N) is 1. The molecule has 0 fully saturated rings. The van der Waals surface area contributed by atoms with Gasteiger partial charge in [-0.05, 0) is 24.1 Å². The third kappa shape index (κ3) is 1.87. The largest absolute Gasteiger partial charge is 0.312 e. The summed E-state index contributed by atoms with van der Waals surface area (Å²) in [5.74, 6) is 0.262. The molecule has 1 heterocycles. The molecule has 1 rings (SSSR count). The summed E-state index contributed by atoms with van der Waals surface area (Å²) < 4.78 is 0. The van der Waals surface area contributed by atoms with Crippen molar-refractivity contribution in [3.05, 3.63) is 30.1 Å². The number of nitrogens with one attached hydrogen (secondary N) is 1. The third-order valence-corrected chi connectivity index (χ3v) is 1.78. The van der Waals surface area contributed by atoms with Crippen LogP contribution in [0.4, 0.5) is 0 Å². The van der Waals surface area contributed by atoms with E-state index < -0.39 is 0 Å². The Morgan fingerprint density at radius 1 is 1.55 bits per heavy atom. The van der Waals surface area contributed by atoms with Crippen LogP contribution in [0, 0.1) is 5.41 Å². The normalized spacial score (nSPS) is 12.5. The van der Waals surface area contributed by atoms with Crippen LogP contribution in [0.2, 0.25) is 0 Å². The molecule has 0 aliphatic carbocycles. The summed E-state index contributed by atoms with van der Waals surface area (Å²) >= 11 is 0. The average molecular weight is 148 g/mol. The topological polar surface area (TPSA) is 36.7 Å². The van der Waals surface area contributed by atoms with E-state index in [0.29, 0.717) is 0 Å². The van der Waals surface area contributed by atoms with Crippen molar-refractivity contribution in [3.8, 4) is 0 Å². The SMILES string of the molecule is CCC(C=N)c1ccncc1. The standard InChI is InChI=1S/C9H12N2/c1-2-8(7-10)9-3-5-11-6-4-9/h3-8,10H,2H2,1H3. The predicted molar refractivity (Wildman–Crippen MR) is 46.1 cm³/mol. The van der Waals surface area contributed by atoms with E-state index in [1.165, 1.54) is 11.8 Å². The molecular weight excluding hydrogens is 136 g/mol. The van der Waals surface area contributed by atoms with E-state index in [0.717, 1.165) is 6.42 Å². The van der Waals surface area contributed by atoms with Crippen LogP contribution in [-0.2, 0) is 0 Å². The van der Waals surface area contributed by atoms with Crippen LogP contribution in [0.25, 0.3) is 0 Å². The van der Waals surface area contributed by atoms with E-state index in [1.807, 2.05) is 12.1 Å². The van der Waals surface area contributed by atoms with Gasteiger partial charge in [-0.3, -0.25) is 4.98 Å². The molecule has 11 heavy (non-hydrogen) atoms. The van der Waals surface area contributed by atoms with Crippen molar-refractivity contribution < 1.29 is 0 Å². The van der Waals surface area contributed by atoms with Gasteiger partial charge in [-0.15, -0.1) is 0 Å². The molecule has 0 aliphatic heterocycles. The lowest BCUT2D eigenvalue weighted by Crippen LogP contribution is -1.97. The van der Waals surface area contributed by atoms with Gasteiger partial charge in [0.2, 0.25) is 0 Å². The molecule has 0 aromatic carbocycles. The second-order valence-electron chi connectivity index (χ2n) is 2.46. The summed E-state index contributed by atoms with van der Waals surface area (Å²) in [6.07, 6.45) is 5.99. The van der Waals surface area contributed by atoms with Gasteiger partial charge in [0.15, 0.2) is 0 Å². The monoisotopic (exact) mass is 148 g/mol. The lowest BCUT2D eigenvalue weighted by molar-refractivity contribution is 0.852. The molecule has 1 atom stereocenters. The first-order valence-corrected chi connectivity index (χ1v) is 3.79. The molecule has 2 nitrogen and oxygen atoms in total. The van der Waals surface area contributed by atoms with Crippen LogP contribution >= 0.6 is 0 Å². The molecule has 0 aliphatic rings. The molecular formula is C9H12N2. The average Bonchev–Trinajstić information content (AvgIpc) is 2.09. The van der Waals surface area contributed by atoms with Crippen molar-refractivity contribution >= 4 is 6.21 Å². The molecule has 0 spiro atoms. The summed E-state index contributed by atoms with van der Waals surface area (Å²) in [4.78, 5) is 3.92. The Labute approximate surface area is 66.8 Å². The smallest absolute Gasteiger partial charge is 0.0270 e. The van der Waals surface area contributed by atoms with Crippen LogP contribution in [0.15, 0.2) is 24.5 Å². The fourth-order valence-electron chi connectivity index (χ4n) is 1.06. The second-order valence-corrected chi connectivity index (χ2v) is 2.46.